The molecule has 3 aliphatic rings. The number of hydrogen-bond donors (Lipinski definition) is 1. The Kier molecular flexibility index (Phi) is 5.34. The molecule has 5 nitrogen and oxygen atoms in total. The molecule has 26 heavy (non-hydrogen) atoms. The highest BCUT2D eigenvalue weighted by Crippen LogP contribution is 2.34. The maximum atomic E-state index is 13.4. The molecular weight excluding hydrogens is 328 g/mol. The molecule has 4 rings (SSSR count). The molecule has 2 heterocycles. The fourth-order valence-electron chi connectivity index (χ4n) is 4.48. The molecule has 1 saturated heterocycles. The van der Waals surface area contributed by atoms with Crippen LogP contribution in [0.15, 0.2) is 18.2 Å². The molecule has 0 bridgehead atoms. The van der Waals surface area contributed by atoms with Crippen molar-refractivity contribution in [3.63, 3.8) is 0 Å². The Morgan fingerprint density at radius 1 is 1.08 bits per heavy atom. The van der Waals surface area contributed by atoms with Crippen LogP contribution < -0.4 is 14.8 Å². The van der Waals surface area contributed by atoms with E-state index in [1.165, 1.54) is 12.8 Å². The van der Waals surface area contributed by atoms with Gasteiger partial charge in [0.05, 0.1) is 0 Å². The van der Waals surface area contributed by atoms with Crippen LogP contribution in [0.3, 0.4) is 0 Å². The topological polar surface area (TPSA) is 50.8 Å². The molecular formula is C21H30N2O3. The minimum absolute atomic E-state index is 0.171. The Labute approximate surface area is 156 Å². The first kappa shape index (κ1) is 17.7. The summed E-state index contributed by atoms with van der Waals surface area (Å²) in [5.74, 6) is 2.91. The van der Waals surface area contributed by atoms with Crippen LogP contribution in [0.25, 0.3) is 0 Å². The van der Waals surface area contributed by atoms with Crippen molar-refractivity contribution >= 4 is 5.91 Å². The van der Waals surface area contributed by atoms with Gasteiger partial charge in [-0.05, 0) is 75.2 Å². The number of fused-ring (bicyclic) bond motifs is 1. The zero-order chi connectivity index (χ0) is 17.9. The van der Waals surface area contributed by atoms with Crippen molar-refractivity contribution in [1.82, 2.24) is 10.2 Å². The minimum Gasteiger partial charge on any atom is -0.454 e. The van der Waals surface area contributed by atoms with E-state index in [4.69, 9.17) is 9.47 Å². The lowest BCUT2D eigenvalue weighted by Crippen LogP contribution is -2.46. The van der Waals surface area contributed by atoms with Gasteiger partial charge in [-0.25, -0.2) is 0 Å². The fraction of sp³-hybridized carbons (Fsp3) is 0.667. The summed E-state index contributed by atoms with van der Waals surface area (Å²) in [5, 5.41) is 3.37. The van der Waals surface area contributed by atoms with Gasteiger partial charge in [-0.2, -0.15) is 0 Å². The minimum atomic E-state index is 0.171. The van der Waals surface area contributed by atoms with Crippen molar-refractivity contribution in [2.24, 2.45) is 11.8 Å². The third-order valence-corrected chi connectivity index (χ3v) is 6.19. The molecule has 2 aliphatic heterocycles. The lowest BCUT2D eigenvalue weighted by Gasteiger charge is -2.39. The van der Waals surface area contributed by atoms with E-state index in [2.05, 4.69) is 23.2 Å². The fourth-order valence-corrected chi connectivity index (χ4v) is 4.48. The van der Waals surface area contributed by atoms with Gasteiger partial charge in [-0.15, -0.1) is 0 Å². The van der Waals surface area contributed by atoms with Crippen molar-refractivity contribution in [2.75, 3.05) is 19.9 Å². The van der Waals surface area contributed by atoms with Crippen LogP contribution in [0.4, 0.5) is 0 Å². The Balaban J connectivity index is 1.52. The van der Waals surface area contributed by atoms with Crippen molar-refractivity contribution < 1.29 is 14.3 Å². The zero-order valence-electron chi connectivity index (χ0n) is 15.7. The number of ether oxygens (including phenoxy) is 2. The van der Waals surface area contributed by atoms with Crippen LogP contribution in [-0.2, 0) is 11.3 Å². The monoisotopic (exact) mass is 358 g/mol. The molecule has 1 aromatic rings. The van der Waals surface area contributed by atoms with Crippen LogP contribution in [0.5, 0.6) is 11.5 Å². The second-order valence-corrected chi connectivity index (χ2v) is 8.09. The van der Waals surface area contributed by atoms with Gasteiger partial charge < -0.3 is 19.7 Å². The standard InChI is InChI=1S/C21H30N2O3/c1-15-2-5-18(6-3-15)23(21(24)17-8-10-22-11-9-17)13-16-4-7-19-20(12-16)26-14-25-19/h4,7,12,15,17-18,22H,2-3,5-6,8-11,13-14H2,1H3. The first-order chi connectivity index (χ1) is 12.7. The second-order valence-electron chi connectivity index (χ2n) is 8.09. The van der Waals surface area contributed by atoms with Gasteiger partial charge in [-0.3, -0.25) is 4.79 Å². The molecule has 0 radical (unpaired) electrons. The average Bonchev–Trinajstić information content (AvgIpc) is 3.15. The summed E-state index contributed by atoms with van der Waals surface area (Å²) in [6, 6.07) is 6.45. The van der Waals surface area contributed by atoms with Gasteiger partial charge in [0, 0.05) is 18.5 Å². The maximum absolute atomic E-state index is 13.4. The molecule has 0 atom stereocenters. The molecule has 1 aliphatic carbocycles. The lowest BCUT2D eigenvalue weighted by atomic mass is 9.85. The Hall–Kier alpha value is -1.75. The first-order valence-electron chi connectivity index (χ1n) is 10.1. The highest BCUT2D eigenvalue weighted by atomic mass is 16.7. The van der Waals surface area contributed by atoms with E-state index >= 15 is 0 Å². The third-order valence-electron chi connectivity index (χ3n) is 6.19. The SMILES string of the molecule is CC1CCC(N(Cc2ccc3c(c2)OCO3)C(=O)C2CCNCC2)CC1. The number of carbonyl (C=O) groups excluding carboxylic acids is 1. The van der Waals surface area contributed by atoms with Gasteiger partial charge >= 0.3 is 0 Å². The second kappa shape index (κ2) is 7.87. The Morgan fingerprint density at radius 2 is 1.81 bits per heavy atom. The molecule has 1 amide bonds. The summed E-state index contributed by atoms with van der Waals surface area (Å²) in [6.07, 6.45) is 6.62. The van der Waals surface area contributed by atoms with E-state index in [1.807, 2.05) is 12.1 Å². The number of rotatable bonds is 4. The maximum Gasteiger partial charge on any atom is 0.231 e. The number of nitrogens with one attached hydrogen (secondary N) is 1. The molecule has 5 heteroatoms. The number of carbonyl (C=O) groups is 1. The lowest BCUT2D eigenvalue weighted by molar-refractivity contribution is -0.140. The first-order valence-corrected chi connectivity index (χ1v) is 10.1. The van der Waals surface area contributed by atoms with Crippen molar-refractivity contribution in [3.05, 3.63) is 23.8 Å². The number of benzene rings is 1. The molecule has 1 saturated carbocycles. The van der Waals surface area contributed by atoms with E-state index in [0.717, 1.165) is 61.8 Å². The van der Waals surface area contributed by atoms with Crippen molar-refractivity contribution in [3.8, 4) is 11.5 Å². The van der Waals surface area contributed by atoms with Gasteiger partial charge in [0.1, 0.15) is 0 Å². The highest BCUT2D eigenvalue weighted by molar-refractivity contribution is 5.79. The summed E-state index contributed by atoms with van der Waals surface area (Å²) >= 11 is 0. The predicted molar refractivity (Wildman–Crippen MR) is 100 cm³/mol. The van der Waals surface area contributed by atoms with Crippen molar-refractivity contribution in [1.29, 1.82) is 0 Å². The van der Waals surface area contributed by atoms with E-state index in [9.17, 15) is 4.79 Å². The van der Waals surface area contributed by atoms with Gasteiger partial charge in [0.25, 0.3) is 0 Å². The van der Waals surface area contributed by atoms with E-state index < -0.39 is 0 Å². The number of nitrogens with zero attached hydrogens (tertiary/aromatic N) is 1. The molecule has 142 valence electrons. The van der Waals surface area contributed by atoms with E-state index in [0.29, 0.717) is 18.5 Å². The van der Waals surface area contributed by atoms with Crippen molar-refractivity contribution in [2.45, 2.75) is 58.0 Å². The van der Waals surface area contributed by atoms with Crippen LogP contribution >= 0.6 is 0 Å². The summed E-state index contributed by atoms with van der Waals surface area (Å²) in [7, 11) is 0. The molecule has 2 fully saturated rings. The summed E-state index contributed by atoms with van der Waals surface area (Å²) in [5.41, 5.74) is 1.13. The molecule has 1 N–H and O–H groups in total. The Bertz CT molecular complexity index is 634. The normalized spacial score (nSPS) is 25.9. The van der Waals surface area contributed by atoms with Gasteiger partial charge in [-0.1, -0.05) is 13.0 Å². The summed E-state index contributed by atoms with van der Waals surface area (Å²) < 4.78 is 10.9. The highest BCUT2D eigenvalue weighted by Gasteiger charge is 2.32. The van der Waals surface area contributed by atoms with E-state index in [-0.39, 0.29) is 12.7 Å². The quantitative estimate of drug-likeness (QED) is 0.897. The molecule has 1 aromatic carbocycles. The number of amides is 1. The van der Waals surface area contributed by atoms with Crippen LogP contribution in [0.1, 0.15) is 51.0 Å². The molecule has 0 unspecified atom stereocenters. The Morgan fingerprint density at radius 3 is 2.58 bits per heavy atom. The number of piperidine rings is 1. The largest absolute Gasteiger partial charge is 0.454 e. The smallest absolute Gasteiger partial charge is 0.231 e. The van der Waals surface area contributed by atoms with Crippen LogP contribution in [0, 0.1) is 11.8 Å². The van der Waals surface area contributed by atoms with E-state index in [1.54, 1.807) is 0 Å². The zero-order valence-corrected chi connectivity index (χ0v) is 15.7. The van der Waals surface area contributed by atoms with Gasteiger partial charge in [0.15, 0.2) is 11.5 Å². The third kappa shape index (κ3) is 3.83. The summed E-state index contributed by atoms with van der Waals surface area (Å²) in [4.78, 5) is 15.5. The molecule has 0 aromatic heterocycles. The van der Waals surface area contributed by atoms with Gasteiger partial charge in [0.2, 0.25) is 12.7 Å². The van der Waals surface area contributed by atoms with Crippen LogP contribution in [0.2, 0.25) is 0 Å². The average molecular weight is 358 g/mol. The number of hydrogen-bond acceptors (Lipinski definition) is 4. The van der Waals surface area contributed by atoms with Crippen LogP contribution in [-0.4, -0.2) is 36.7 Å². The molecule has 0 spiro atoms. The predicted octanol–water partition coefficient (Wildman–Crippen LogP) is 3.32. The summed E-state index contributed by atoms with van der Waals surface area (Å²) in [6.45, 7) is 5.20.